The number of carbonyl (C=O) groups excluding carboxylic acids is 1. The van der Waals surface area contributed by atoms with Crippen LogP contribution in [0.3, 0.4) is 0 Å². The van der Waals surface area contributed by atoms with Crippen LogP contribution in [0.2, 0.25) is 0 Å². The molecule has 3 aromatic heterocycles. The molecule has 0 saturated carbocycles. The highest BCUT2D eigenvalue weighted by Crippen LogP contribution is 2.35. The van der Waals surface area contributed by atoms with Gasteiger partial charge in [0.1, 0.15) is 19.8 Å². The van der Waals surface area contributed by atoms with E-state index < -0.39 is 21.5 Å². The number of rotatable bonds is 8. The van der Waals surface area contributed by atoms with Crippen LogP contribution >= 0.6 is 86.7 Å². The standard InChI is InChI=1S/C15H17NS2.C14H16N2O2S2.C10H12S.C9H13BrN2O2S.ClH/c1-2-14-16-10-15(18-14)17-13-8-7-11-5-3-4-6-12(11)9-13;15-8-13-16-9-14(19-13)20(17,18)12-6-5-10-3-1-2-4-11(10)7-12;11-10-6-5-8-3-1-2-4-9(8)7-10;1-9(2,3)14-8(13)12-5-7-11-4-6(10)15-7;/h7-10H,2-6H2,1H3;5-7,9H,1-4,8,15H2;5-7,11H,1-4H2;4H,5H2,1-3H3,(H,12,13);1H. The van der Waals surface area contributed by atoms with Crippen LogP contribution in [-0.4, -0.2) is 35.1 Å². The van der Waals surface area contributed by atoms with Gasteiger partial charge in [-0.15, -0.1) is 59.0 Å². The molecule has 3 aliphatic carbocycles. The maximum absolute atomic E-state index is 12.6. The van der Waals surface area contributed by atoms with Gasteiger partial charge in [-0.1, -0.05) is 36.9 Å². The molecule has 0 atom stereocenters. The third-order valence-electron chi connectivity index (χ3n) is 10.6. The van der Waals surface area contributed by atoms with Crippen molar-refractivity contribution < 1.29 is 17.9 Å². The molecular formula is C48H59BrClN5O4S6. The summed E-state index contributed by atoms with van der Waals surface area (Å²) in [7, 11) is -3.46. The van der Waals surface area contributed by atoms with Gasteiger partial charge in [0, 0.05) is 16.3 Å². The highest BCUT2D eigenvalue weighted by molar-refractivity contribution is 9.11. The van der Waals surface area contributed by atoms with E-state index in [4.69, 9.17) is 10.5 Å². The van der Waals surface area contributed by atoms with Crippen molar-refractivity contribution in [2.75, 3.05) is 0 Å². The van der Waals surface area contributed by atoms with Crippen molar-refractivity contribution in [1.82, 2.24) is 20.3 Å². The Bertz CT molecular complexity index is 2590. The van der Waals surface area contributed by atoms with Crippen LogP contribution in [0.4, 0.5) is 4.79 Å². The summed E-state index contributed by atoms with van der Waals surface area (Å²) in [5.41, 5.74) is 13.6. The number of nitrogens with two attached hydrogens (primary N) is 1. The number of hydrogen-bond donors (Lipinski definition) is 3. The summed E-state index contributed by atoms with van der Waals surface area (Å²) in [5.74, 6) is 0. The second kappa shape index (κ2) is 25.5. The number of halogens is 2. The molecule has 0 aliphatic heterocycles. The average molecular weight is 1080 g/mol. The number of thiol groups is 1. The lowest BCUT2D eigenvalue weighted by molar-refractivity contribution is 0.0523. The second-order valence-corrected chi connectivity index (χ2v) is 25.4. The number of benzene rings is 3. The maximum Gasteiger partial charge on any atom is 0.408 e. The van der Waals surface area contributed by atoms with E-state index in [2.05, 4.69) is 92.1 Å². The molecule has 1 amide bonds. The van der Waals surface area contributed by atoms with E-state index >= 15 is 0 Å². The van der Waals surface area contributed by atoms with Crippen molar-refractivity contribution >= 4 is 103 Å². The first kappa shape index (κ1) is 53.2. The summed E-state index contributed by atoms with van der Waals surface area (Å²) < 4.78 is 32.8. The summed E-state index contributed by atoms with van der Waals surface area (Å²) in [5, 5.41) is 5.35. The summed E-state index contributed by atoms with van der Waals surface area (Å²) in [6.07, 6.45) is 20.5. The number of aryl methyl sites for hydroxylation is 7. The van der Waals surface area contributed by atoms with Crippen LogP contribution in [0.5, 0.6) is 0 Å². The van der Waals surface area contributed by atoms with E-state index in [1.54, 1.807) is 23.4 Å². The largest absolute Gasteiger partial charge is 0.444 e. The van der Waals surface area contributed by atoms with Gasteiger partial charge in [0.25, 0.3) is 0 Å². The summed E-state index contributed by atoms with van der Waals surface area (Å²) in [4.78, 5) is 26.6. The third-order valence-corrected chi connectivity index (χ3v) is 17.8. The maximum atomic E-state index is 12.6. The van der Waals surface area contributed by atoms with Gasteiger partial charge in [-0.25, -0.2) is 28.2 Å². The van der Waals surface area contributed by atoms with Gasteiger partial charge in [0.15, 0.2) is 0 Å². The third kappa shape index (κ3) is 16.4. The first-order chi connectivity index (χ1) is 30.7. The minimum atomic E-state index is -3.46. The van der Waals surface area contributed by atoms with Gasteiger partial charge in [0.2, 0.25) is 9.84 Å². The summed E-state index contributed by atoms with van der Waals surface area (Å²) >= 11 is 13.9. The molecule has 9 nitrogen and oxygen atoms in total. The Kier molecular flexibility index (Phi) is 20.9. The molecule has 0 bridgehead atoms. The van der Waals surface area contributed by atoms with E-state index in [0.29, 0.717) is 16.4 Å². The monoisotopic (exact) mass is 1080 g/mol. The molecule has 6 aromatic rings. The van der Waals surface area contributed by atoms with Crippen molar-refractivity contribution in [2.45, 2.75) is 153 Å². The predicted molar refractivity (Wildman–Crippen MR) is 278 cm³/mol. The summed E-state index contributed by atoms with van der Waals surface area (Å²) in [6.45, 7) is 8.30. The molecule has 0 saturated heterocycles. The number of nitrogens with zero attached hydrogens (tertiary/aromatic N) is 3. The molecule has 17 heteroatoms. The number of nitrogens with one attached hydrogen (secondary N) is 1. The van der Waals surface area contributed by atoms with Crippen LogP contribution in [0.25, 0.3) is 0 Å². The van der Waals surface area contributed by atoms with Crippen molar-refractivity contribution in [2.24, 2.45) is 5.73 Å². The number of carbonyl (C=O) groups is 1. The van der Waals surface area contributed by atoms with Crippen molar-refractivity contribution in [1.29, 1.82) is 0 Å². The fourth-order valence-electron chi connectivity index (χ4n) is 7.45. The average Bonchev–Trinajstić information content (AvgIpc) is 4.07. The number of fused-ring (bicyclic) bond motifs is 3. The van der Waals surface area contributed by atoms with Crippen LogP contribution in [-0.2, 0) is 72.6 Å². The molecule has 0 spiro atoms. The molecule has 65 heavy (non-hydrogen) atoms. The molecule has 9 rings (SSSR count). The van der Waals surface area contributed by atoms with Gasteiger partial charge >= 0.3 is 6.09 Å². The van der Waals surface area contributed by atoms with Crippen LogP contribution in [0.15, 0.2) is 100 Å². The van der Waals surface area contributed by atoms with Gasteiger partial charge in [-0.3, -0.25) is 0 Å². The Hall–Kier alpha value is -2.80. The lowest BCUT2D eigenvalue weighted by atomic mass is 9.92. The Balaban J connectivity index is 0.000000165. The van der Waals surface area contributed by atoms with E-state index in [9.17, 15) is 13.2 Å². The smallest absolute Gasteiger partial charge is 0.408 e. The SMILES string of the molecule is CC(C)(C)OC(=O)NCc1ncc(Br)s1.CCc1ncc(Sc2ccc3c(c2)CCCC3)s1.Cl.NCc1ncc(S(=O)(=O)c2ccc3c(c2)CCCC3)s1.Sc1ccc2c(c1)CCCC2. The number of alkyl carbamates (subject to hydrolysis) is 1. The van der Waals surface area contributed by atoms with Crippen LogP contribution in [0, 0.1) is 0 Å². The zero-order chi connectivity index (χ0) is 45.7. The van der Waals surface area contributed by atoms with Crippen molar-refractivity contribution in [3.8, 4) is 0 Å². The zero-order valence-corrected chi connectivity index (χ0v) is 44.7. The number of sulfone groups is 1. The van der Waals surface area contributed by atoms with Gasteiger partial charge in [0.05, 0.1) is 43.0 Å². The van der Waals surface area contributed by atoms with Gasteiger partial charge < -0.3 is 15.8 Å². The lowest BCUT2D eigenvalue weighted by Crippen LogP contribution is -2.32. The fourth-order valence-corrected chi connectivity index (χ4v) is 13.4. The quantitative estimate of drug-likeness (QED) is 0.127. The lowest BCUT2D eigenvalue weighted by Gasteiger charge is -2.19. The molecule has 350 valence electrons. The number of amides is 1. The molecule has 3 heterocycles. The Morgan fingerprint density at radius 1 is 0.754 bits per heavy atom. The van der Waals surface area contributed by atoms with Crippen molar-refractivity contribution in [3.63, 3.8) is 0 Å². The highest BCUT2D eigenvalue weighted by Gasteiger charge is 2.23. The summed E-state index contributed by atoms with van der Waals surface area (Å²) in [6, 6.07) is 19.0. The zero-order valence-electron chi connectivity index (χ0n) is 37.4. The number of hydrogen-bond acceptors (Lipinski definition) is 13. The molecule has 0 unspecified atom stereocenters. The molecule has 3 N–H and O–H groups in total. The van der Waals surface area contributed by atoms with E-state index in [0.717, 1.165) is 50.7 Å². The number of aromatic nitrogens is 3. The van der Waals surface area contributed by atoms with Crippen LogP contribution in [0.1, 0.15) is 115 Å². The molecule has 0 radical (unpaired) electrons. The Morgan fingerprint density at radius 3 is 1.86 bits per heavy atom. The Labute approximate surface area is 421 Å². The molecular weight excluding hydrogens is 1020 g/mol. The minimum absolute atomic E-state index is 0. The van der Waals surface area contributed by atoms with E-state index in [1.807, 2.05) is 62.2 Å². The highest BCUT2D eigenvalue weighted by atomic mass is 79.9. The molecule has 3 aromatic carbocycles. The minimum Gasteiger partial charge on any atom is -0.444 e. The number of thiazole rings is 3. The van der Waals surface area contributed by atoms with Gasteiger partial charge in [-0.05, 0) is 190 Å². The first-order valence-electron chi connectivity index (χ1n) is 21.8. The van der Waals surface area contributed by atoms with Gasteiger partial charge in [-0.2, -0.15) is 0 Å². The topological polar surface area (TPSA) is 137 Å². The fraction of sp³-hybridized carbons (Fsp3) is 0.417. The van der Waals surface area contributed by atoms with Crippen LogP contribution < -0.4 is 11.1 Å². The Morgan fingerprint density at radius 2 is 1.31 bits per heavy atom. The predicted octanol–water partition coefficient (Wildman–Crippen LogP) is 13.3. The molecule has 0 fully saturated rings. The second-order valence-electron chi connectivity index (χ2n) is 16.7. The molecule has 3 aliphatic rings. The first-order valence-corrected chi connectivity index (χ1v) is 27.8. The van der Waals surface area contributed by atoms with Crippen molar-refractivity contribution in [3.05, 3.63) is 125 Å². The normalized spacial score (nSPS) is 14.0. The van der Waals surface area contributed by atoms with E-state index in [1.165, 1.54) is 112 Å². The van der Waals surface area contributed by atoms with E-state index in [-0.39, 0.29) is 23.2 Å². The number of ether oxygens (including phenoxy) is 1.